The van der Waals surface area contributed by atoms with Gasteiger partial charge in [-0.1, -0.05) is 32.0 Å². The van der Waals surface area contributed by atoms with Crippen molar-refractivity contribution in [3.63, 3.8) is 0 Å². The summed E-state index contributed by atoms with van der Waals surface area (Å²) in [7, 11) is 0. The molecule has 0 fully saturated rings. The predicted molar refractivity (Wildman–Crippen MR) is 118 cm³/mol. The van der Waals surface area contributed by atoms with Gasteiger partial charge in [0.15, 0.2) is 6.10 Å². The van der Waals surface area contributed by atoms with Gasteiger partial charge in [0.25, 0.3) is 5.91 Å². The molecule has 0 radical (unpaired) electrons. The topological polar surface area (TPSA) is 102 Å². The molecule has 2 unspecified atom stereocenters. The molecule has 31 heavy (non-hydrogen) atoms. The standard InChI is InChI=1S/C24H28N2O5/c1-15(2)23(29)26-20-12-10-18(11-13-20)22(28)17(4)31-21(27)14-16(3)25-24(30)19-8-6-5-7-9-19/h5-13,15-17H,14H2,1-4H3,(H,25,30)(H,26,29). The number of hydrogen-bond donors (Lipinski definition) is 2. The fourth-order valence-corrected chi connectivity index (χ4v) is 2.74. The van der Waals surface area contributed by atoms with E-state index < -0.39 is 18.1 Å². The number of carbonyl (C=O) groups is 4. The Morgan fingerprint density at radius 2 is 1.45 bits per heavy atom. The van der Waals surface area contributed by atoms with E-state index in [1.54, 1.807) is 69.3 Å². The van der Waals surface area contributed by atoms with Crippen LogP contribution in [0.2, 0.25) is 0 Å². The van der Waals surface area contributed by atoms with Crippen LogP contribution in [0.15, 0.2) is 54.6 Å². The highest BCUT2D eigenvalue weighted by Gasteiger charge is 2.21. The molecule has 2 amide bonds. The normalized spacial score (nSPS) is 12.5. The molecule has 2 N–H and O–H groups in total. The number of ether oxygens (including phenoxy) is 1. The second kappa shape index (κ2) is 11.1. The lowest BCUT2D eigenvalue weighted by molar-refractivity contribution is -0.146. The first kappa shape index (κ1) is 23.8. The molecule has 2 rings (SSSR count). The average molecular weight is 424 g/mol. The zero-order valence-electron chi connectivity index (χ0n) is 18.2. The van der Waals surface area contributed by atoms with Gasteiger partial charge in [0.1, 0.15) is 0 Å². The number of Topliss-reactive ketones (excluding diaryl/α,β-unsaturated/α-hetero) is 1. The minimum Gasteiger partial charge on any atom is -0.454 e. The SMILES string of the molecule is CC(CC(=O)OC(C)C(=O)c1ccc(NC(=O)C(C)C)cc1)NC(=O)c1ccccc1. The second-order valence-corrected chi connectivity index (χ2v) is 7.66. The summed E-state index contributed by atoms with van der Waals surface area (Å²) in [5.41, 5.74) is 1.45. The van der Waals surface area contributed by atoms with Crippen molar-refractivity contribution in [2.45, 2.75) is 46.3 Å². The molecule has 2 atom stereocenters. The summed E-state index contributed by atoms with van der Waals surface area (Å²) in [5, 5.41) is 5.48. The molecule has 0 aliphatic heterocycles. The number of benzene rings is 2. The molecule has 2 aromatic rings. The molecule has 0 aliphatic rings. The Labute approximate surface area is 182 Å². The number of nitrogens with one attached hydrogen (secondary N) is 2. The monoisotopic (exact) mass is 424 g/mol. The quantitative estimate of drug-likeness (QED) is 0.473. The van der Waals surface area contributed by atoms with E-state index in [-0.39, 0.29) is 29.9 Å². The number of ketones is 1. The molecule has 0 saturated carbocycles. The van der Waals surface area contributed by atoms with E-state index in [1.807, 2.05) is 6.07 Å². The first-order valence-electron chi connectivity index (χ1n) is 10.2. The number of anilines is 1. The molecule has 0 aromatic heterocycles. The van der Waals surface area contributed by atoms with Gasteiger partial charge in [-0.15, -0.1) is 0 Å². The molecule has 7 nitrogen and oxygen atoms in total. The van der Waals surface area contributed by atoms with Crippen molar-refractivity contribution in [1.29, 1.82) is 0 Å². The first-order valence-corrected chi connectivity index (χ1v) is 10.2. The summed E-state index contributed by atoms with van der Waals surface area (Å²) >= 11 is 0. The maximum absolute atomic E-state index is 12.5. The number of esters is 1. The molecular weight excluding hydrogens is 396 g/mol. The summed E-state index contributed by atoms with van der Waals surface area (Å²) in [6.45, 7) is 6.77. The van der Waals surface area contributed by atoms with Gasteiger partial charge >= 0.3 is 5.97 Å². The van der Waals surface area contributed by atoms with Gasteiger partial charge in [-0.25, -0.2) is 0 Å². The molecule has 7 heteroatoms. The molecule has 0 heterocycles. The fourth-order valence-electron chi connectivity index (χ4n) is 2.74. The summed E-state index contributed by atoms with van der Waals surface area (Å²) in [6.07, 6.45) is -1.03. The first-order chi connectivity index (χ1) is 14.7. The van der Waals surface area contributed by atoms with E-state index in [2.05, 4.69) is 10.6 Å². The Morgan fingerprint density at radius 1 is 0.839 bits per heavy atom. The van der Waals surface area contributed by atoms with Crippen LogP contribution in [0.1, 0.15) is 54.8 Å². The molecule has 0 spiro atoms. The number of carbonyl (C=O) groups excluding carboxylic acids is 4. The van der Waals surface area contributed by atoms with Crippen LogP contribution in [0.25, 0.3) is 0 Å². The van der Waals surface area contributed by atoms with Gasteiger partial charge < -0.3 is 15.4 Å². The van der Waals surface area contributed by atoms with E-state index in [0.717, 1.165) is 0 Å². The Balaban J connectivity index is 1.85. The smallest absolute Gasteiger partial charge is 0.308 e. The van der Waals surface area contributed by atoms with Crippen LogP contribution in [-0.4, -0.2) is 35.7 Å². The Kier molecular flexibility index (Phi) is 8.49. The van der Waals surface area contributed by atoms with Crippen LogP contribution < -0.4 is 10.6 Å². The zero-order chi connectivity index (χ0) is 23.0. The van der Waals surface area contributed by atoms with Gasteiger partial charge in [-0.05, 0) is 50.2 Å². The third-order valence-electron chi connectivity index (χ3n) is 4.53. The zero-order valence-corrected chi connectivity index (χ0v) is 18.2. The maximum atomic E-state index is 12.5. The number of hydrogen-bond acceptors (Lipinski definition) is 5. The highest BCUT2D eigenvalue weighted by Crippen LogP contribution is 2.14. The van der Waals surface area contributed by atoms with Crippen molar-refractivity contribution in [3.8, 4) is 0 Å². The van der Waals surface area contributed by atoms with Gasteiger partial charge in [0.05, 0.1) is 6.42 Å². The Hall–Kier alpha value is -3.48. The molecule has 2 aromatic carbocycles. The van der Waals surface area contributed by atoms with E-state index in [1.165, 1.54) is 6.92 Å². The van der Waals surface area contributed by atoms with Crippen LogP contribution in [-0.2, 0) is 14.3 Å². The lowest BCUT2D eigenvalue weighted by Gasteiger charge is -2.16. The largest absolute Gasteiger partial charge is 0.454 e. The minimum atomic E-state index is -0.972. The summed E-state index contributed by atoms with van der Waals surface area (Å²) in [6, 6.07) is 14.6. The van der Waals surface area contributed by atoms with Gasteiger partial charge in [0, 0.05) is 28.8 Å². The third kappa shape index (κ3) is 7.37. The van der Waals surface area contributed by atoms with Gasteiger partial charge in [-0.3, -0.25) is 19.2 Å². The van der Waals surface area contributed by atoms with E-state index in [4.69, 9.17) is 4.74 Å². The van der Waals surface area contributed by atoms with E-state index in [0.29, 0.717) is 16.8 Å². The molecule has 0 saturated heterocycles. The summed E-state index contributed by atoms with van der Waals surface area (Å²) in [4.78, 5) is 48.6. The van der Waals surface area contributed by atoms with Crippen molar-refractivity contribution in [3.05, 3.63) is 65.7 Å². The second-order valence-electron chi connectivity index (χ2n) is 7.66. The van der Waals surface area contributed by atoms with Crippen LogP contribution in [0.5, 0.6) is 0 Å². The van der Waals surface area contributed by atoms with Gasteiger partial charge in [0.2, 0.25) is 11.7 Å². The van der Waals surface area contributed by atoms with Crippen LogP contribution in [0.4, 0.5) is 5.69 Å². The van der Waals surface area contributed by atoms with Crippen molar-refractivity contribution in [1.82, 2.24) is 5.32 Å². The predicted octanol–water partition coefficient (Wildman–Crippen LogP) is 3.60. The Bertz CT molecular complexity index is 923. The third-order valence-corrected chi connectivity index (χ3v) is 4.53. The van der Waals surface area contributed by atoms with Crippen LogP contribution in [0, 0.1) is 5.92 Å². The van der Waals surface area contributed by atoms with Crippen LogP contribution >= 0.6 is 0 Å². The van der Waals surface area contributed by atoms with Crippen LogP contribution in [0.3, 0.4) is 0 Å². The highest BCUT2D eigenvalue weighted by molar-refractivity contribution is 6.01. The molecule has 0 bridgehead atoms. The minimum absolute atomic E-state index is 0.0592. The lowest BCUT2D eigenvalue weighted by Crippen LogP contribution is -2.35. The number of amides is 2. The number of rotatable bonds is 9. The molecule has 164 valence electrons. The maximum Gasteiger partial charge on any atom is 0.308 e. The molecule has 0 aliphatic carbocycles. The van der Waals surface area contributed by atoms with E-state index >= 15 is 0 Å². The summed E-state index contributed by atoms with van der Waals surface area (Å²) < 4.78 is 5.24. The fraction of sp³-hybridized carbons (Fsp3) is 0.333. The molecular formula is C24H28N2O5. The average Bonchev–Trinajstić information content (AvgIpc) is 2.73. The van der Waals surface area contributed by atoms with Crippen molar-refractivity contribution < 1.29 is 23.9 Å². The van der Waals surface area contributed by atoms with Crippen molar-refractivity contribution in [2.75, 3.05) is 5.32 Å². The lowest BCUT2D eigenvalue weighted by atomic mass is 10.1. The van der Waals surface area contributed by atoms with E-state index in [9.17, 15) is 19.2 Å². The summed E-state index contributed by atoms with van der Waals surface area (Å²) in [5.74, 6) is -1.48. The Morgan fingerprint density at radius 3 is 2.03 bits per heavy atom. The highest BCUT2D eigenvalue weighted by atomic mass is 16.5. The van der Waals surface area contributed by atoms with Crippen molar-refractivity contribution >= 4 is 29.3 Å². The van der Waals surface area contributed by atoms with Gasteiger partial charge in [-0.2, -0.15) is 0 Å². The van der Waals surface area contributed by atoms with Crippen molar-refractivity contribution in [2.24, 2.45) is 5.92 Å².